The van der Waals surface area contributed by atoms with Gasteiger partial charge in [0.25, 0.3) is 0 Å². The Labute approximate surface area is 226 Å². The molecule has 0 aliphatic carbocycles. The lowest BCUT2D eigenvalue weighted by molar-refractivity contribution is 0.107. The van der Waals surface area contributed by atoms with Gasteiger partial charge in [-0.05, 0) is 43.9 Å². The van der Waals surface area contributed by atoms with Crippen molar-refractivity contribution in [3.05, 3.63) is 0 Å². The normalized spacial score (nSPS) is 12.0. The van der Waals surface area contributed by atoms with E-state index in [4.69, 9.17) is 13.6 Å². The minimum Gasteiger partial charge on any atom is -0.344 e. The van der Waals surface area contributed by atoms with E-state index in [-0.39, 0.29) is 6.15 Å². The van der Waals surface area contributed by atoms with E-state index in [1.807, 2.05) is 0 Å². The second kappa shape index (κ2) is 28.1. The van der Waals surface area contributed by atoms with Crippen molar-refractivity contribution in [2.24, 2.45) is 11.8 Å². The summed E-state index contributed by atoms with van der Waals surface area (Å²) >= 11 is 0. The van der Waals surface area contributed by atoms with Gasteiger partial charge in [0, 0.05) is 0 Å². The maximum atomic E-state index is 13.0. The van der Waals surface area contributed by atoms with Crippen molar-refractivity contribution < 1.29 is 18.1 Å². The Balaban J connectivity index is 0. The van der Waals surface area contributed by atoms with Crippen LogP contribution in [0.4, 0.5) is 0 Å². The van der Waals surface area contributed by atoms with E-state index in [9.17, 15) is 4.57 Å². The molecule has 0 aromatic rings. The summed E-state index contributed by atoms with van der Waals surface area (Å²) in [5.74, 6) is 1.24. The maximum absolute atomic E-state index is 13.0. The summed E-state index contributed by atoms with van der Waals surface area (Å²) in [6.45, 7) is 12.4. The number of rotatable bonds is 28. The molecule has 0 radical (unpaired) electrons. The summed E-state index contributed by atoms with van der Waals surface area (Å²) in [5.41, 5.74) is 0. The van der Waals surface area contributed by atoms with E-state index < -0.39 is 7.82 Å². The highest BCUT2D eigenvalue weighted by Crippen LogP contribution is 2.50. The number of hydrogen-bond acceptors (Lipinski definition) is 5. The molecular formula is C30H66NO4P. The predicted octanol–water partition coefficient (Wildman–Crippen LogP) is 11.4. The van der Waals surface area contributed by atoms with Crippen molar-refractivity contribution in [3.63, 3.8) is 0 Å². The van der Waals surface area contributed by atoms with E-state index >= 15 is 0 Å². The smallest absolute Gasteiger partial charge is 0.344 e. The molecule has 36 heavy (non-hydrogen) atoms. The molecule has 0 aromatic carbocycles. The average molecular weight is 536 g/mol. The van der Waals surface area contributed by atoms with Crippen molar-refractivity contribution in [2.45, 2.75) is 163 Å². The molecule has 0 atom stereocenters. The summed E-state index contributed by atoms with van der Waals surface area (Å²) in [7, 11) is -3.43. The maximum Gasteiger partial charge on any atom is 0.474 e. The SMILES string of the molecule is CCCCCCCCCCCCCCCCCCOP(=O)(OCCCC(C)C)OCCCC(C)C.N. The summed E-state index contributed by atoms with van der Waals surface area (Å²) in [5, 5.41) is 0. The van der Waals surface area contributed by atoms with E-state index in [2.05, 4.69) is 34.6 Å². The molecule has 0 fully saturated rings. The molecule has 0 bridgehead atoms. The van der Waals surface area contributed by atoms with Crippen LogP contribution in [0.2, 0.25) is 0 Å². The van der Waals surface area contributed by atoms with Crippen LogP contribution in [-0.2, 0) is 18.1 Å². The lowest BCUT2D eigenvalue weighted by atomic mass is 10.0. The molecule has 0 rings (SSSR count). The van der Waals surface area contributed by atoms with Crippen LogP contribution in [0.25, 0.3) is 0 Å². The Kier molecular flexibility index (Phi) is 29.8. The van der Waals surface area contributed by atoms with Crippen LogP contribution in [0.3, 0.4) is 0 Å². The minimum atomic E-state index is -3.43. The monoisotopic (exact) mass is 535 g/mol. The highest BCUT2D eigenvalue weighted by Gasteiger charge is 2.26. The molecule has 0 heterocycles. The summed E-state index contributed by atoms with van der Waals surface area (Å²) < 4.78 is 29.9. The van der Waals surface area contributed by atoms with Crippen LogP contribution in [0.1, 0.15) is 163 Å². The van der Waals surface area contributed by atoms with Gasteiger partial charge in [-0.25, -0.2) is 4.57 Å². The zero-order valence-corrected chi connectivity index (χ0v) is 26.1. The van der Waals surface area contributed by atoms with E-state index in [1.165, 1.54) is 89.9 Å². The van der Waals surface area contributed by atoms with Gasteiger partial charge in [0.15, 0.2) is 0 Å². The molecule has 0 aliphatic heterocycles. The fraction of sp³-hybridized carbons (Fsp3) is 1.00. The molecule has 0 amide bonds. The first kappa shape index (κ1) is 38.2. The first-order chi connectivity index (χ1) is 16.9. The van der Waals surface area contributed by atoms with Gasteiger partial charge >= 0.3 is 7.82 Å². The third-order valence-electron chi connectivity index (χ3n) is 6.60. The first-order valence-corrected chi connectivity index (χ1v) is 16.9. The van der Waals surface area contributed by atoms with E-state index in [1.54, 1.807) is 0 Å². The number of unbranched alkanes of at least 4 members (excludes halogenated alkanes) is 15. The number of phosphoric ester groups is 1. The van der Waals surface area contributed by atoms with Gasteiger partial charge in [0.05, 0.1) is 19.8 Å². The Morgan fingerprint density at radius 2 is 0.750 bits per heavy atom. The third-order valence-corrected chi connectivity index (χ3v) is 8.09. The molecule has 5 nitrogen and oxygen atoms in total. The van der Waals surface area contributed by atoms with E-state index in [0.29, 0.717) is 31.7 Å². The molecule has 0 saturated heterocycles. The minimum absolute atomic E-state index is 0. The topological polar surface area (TPSA) is 79.8 Å². The van der Waals surface area contributed by atoms with Gasteiger partial charge in [0.2, 0.25) is 0 Å². The molecule has 0 aromatic heterocycles. The predicted molar refractivity (Wildman–Crippen MR) is 158 cm³/mol. The molecule has 0 aliphatic rings. The summed E-state index contributed by atoms with van der Waals surface area (Å²) in [4.78, 5) is 0. The molecule has 220 valence electrons. The lowest BCUT2D eigenvalue weighted by Gasteiger charge is -2.18. The standard InChI is InChI=1S/C30H63O4P.H3N/c1-6-7-8-9-10-11-12-13-14-15-16-17-18-19-20-21-26-32-35(31,33-27-22-24-29(2)3)34-28-23-25-30(4)5;/h29-30H,6-28H2,1-5H3;1H3. The molecule has 0 unspecified atom stereocenters. The quantitative estimate of drug-likeness (QED) is 0.0795. The molecule has 6 heteroatoms. The molecule has 0 spiro atoms. The highest BCUT2D eigenvalue weighted by molar-refractivity contribution is 7.48. The fourth-order valence-corrected chi connectivity index (χ4v) is 5.56. The average Bonchev–Trinajstić information content (AvgIpc) is 2.81. The Morgan fingerprint density at radius 3 is 1.06 bits per heavy atom. The Bertz CT molecular complexity index is 454. The molecule has 3 N–H and O–H groups in total. The second-order valence-electron chi connectivity index (χ2n) is 11.3. The number of hydrogen-bond donors (Lipinski definition) is 1. The van der Waals surface area contributed by atoms with E-state index in [0.717, 1.165) is 38.5 Å². The van der Waals surface area contributed by atoms with Crippen LogP contribution in [0.5, 0.6) is 0 Å². The fourth-order valence-electron chi connectivity index (χ4n) is 4.27. The van der Waals surface area contributed by atoms with Crippen molar-refractivity contribution in [3.8, 4) is 0 Å². The van der Waals surface area contributed by atoms with Crippen LogP contribution in [0.15, 0.2) is 0 Å². The van der Waals surface area contributed by atoms with Crippen LogP contribution in [-0.4, -0.2) is 19.8 Å². The highest BCUT2D eigenvalue weighted by atomic mass is 31.2. The third kappa shape index (κ3) is 28.6. The second-order valence-corrected chi connectivity index (χ2v) is 13.0. The van der Waals surface area contributed by atoms with Gasteiger partial charge in [-0.15, -0.1) is 0 Å². The van der Waals surface area contributed by atoms with Gasteiger partial charge in [-0.2, -0.15) is 0 Å². The van der Waals surface area contributed by atoms with Crippen LogP contribution in [0, 0.1) is 11.8 Å². The molecule has 0 saturated carbocycles. The van der Waals surface area contributed by atoms with Crippen LogP contribution < -0.4 is 6.15 Å². The van der Waals surface area contributed by atoms with Gasteiger partial charge < -0.3 is 6.15 Å². The Morgan fingerprint density at radius 1 is 0.472 bits per heavy atom. The molecular weight excluding hydrogens is 469 g/mol. The Hall–Kier alpha value is 0.0700. The van der Waals surface area contributed by atoms with Gasteiger partial charge in [-0.3, -0.25) is 13.6 Å². The van der Waals surface area contributed by atoms with Crippen molar-refractivity contribution >= 4 is 7.82 Å². The summed E-state index contributed by atoms with van der Waals surface area (Å²) in [6, 6.07) is 0. The summed E-state index contributed by atoms with van der Waals surface area (Å²) in [6.07, 6.45) is 25.3. The van der Waals surface area contributed by atoms with Crippen molar-refractivity contribution in [2.75, 3.05) is 19.8 Å². The zero-order chi connectivity index (χ0) is 26.0. The first-order valence-electron chi connectivity index (χ1n) is 15.4. The van der Waals surface area contributed by atoms with Crippen molar-refractivity contribution in [1.82, 2.24) is 6.15 Å². The van der Waals surface area contributed by atoms with Crippen LogP contribution >= 0.6 is 7.82 Å². The largest absolute Gasteiger partial charge is 0.474 e. The lowest BCUT2D eigenvalue weighted by Crippen LogP contribution is -2.05. The van der Waals surface area contributed by atoms with Gasteiger partial charge in [-0.1, -0.05) is 131 Å². The van der Waals surface area contributed by atoms with Crippen molar-refractivity contribution in [1.29, 1.82) is 0 Å². The zero-order valence-electron chi connectivity index (χ0n) is 25.2. The number of phosphoric acid groups is 1. The van der Waals surface area contributed by atoms with Gasteiger partial charge in [0.1, 0.15) is 0 Å².